The Morgan fingerprint density at radius 3 is 2.66 bits per heavy atom. The van der Waals surface area contributed by atoms with E-state index in [0.717, 1.165) is 12.8 Å². The molecule has 0 radical (unpaired) electrons. The molecule has 5 N–H and O–H groups in total. The maximum Gasteiger partial charge on any atom is 0.262 e. The molecule has 184 valence electrons. The van der Waals surface area contributed by atoms with E-state index in [4.69, 9.17) is 28.1 Å². The van der Waals surface area contributed by atoms with Gasteiger partial charge in [-0.25, -0.2) is 13.4 Å². The van der Waals surface area contributed by atoms with Crippen LogP contribution in [-0.4, -0.2) is 39.9 Å². The number of benzene rings is 1. The van der Waals surface area contributed by atoms with Gasteiger partial charge >= 0.3 is 0 Å². The molecule has 1 saturated carbocycles. The molecule has 1 unspecified atom stereocenters. The molecule has 1 atom stereocenters. The van der Waals surface area contributed by atoms with Crippen LogP contribution in [0.3, 0.4) is 0 Å². The lowest BCUT2D eigenvalue weighted by Crippen LogP contribution is -2.31. The summed E-state index contributed by atoms with van der Waals surface area (Å²) in [6.07, 6.45) is 3.79. The third-order valence-electron chi connectivity index (χ3n) is 5.84. The largest absolute Gasteiger partial charge is 0.382 e. The van der Waals surface area contributed by atoms with Gasteiger partial charge in [0.05, 0.1) is 22.0 Å². The average Bonchev–Trinajstić information content (AvgIpc) is 3.60. The fraction of sp³-hybridized carbons (Fsp3) is 0.409. The van der Waals surface area contributed by atoms with Gasteiger partial charge in [-0.1, -0.05) is 17.7 Å². The van der Waals surface area contributed by atoms with E-state index >= 15 is 0 Å². The van der Waals surface area contributed by atoms with Crippen molar-refractivity contribution >= 4 is 49.9 Å². The summed E-state index contributed by atoms with van der Waals surface area (Å²) in [6.45, 7) is 0.252. The van der Waals surface area contributed by atoms with Crippen LogP contribution in [0.1, 0.15) is 43.1 Å². The highest BCUT2D eigenvalue weighted by atomic mass is 35.5. The first-order valence-electron chi connectivity index (χ1n) is 11.1. The lowest BCUT2D eigenvalue weighted by Gasteiger charge is -2.24. The van der Waals surface area contributed by atoms with Crippen LogP contribution in [0.25, 0.3) is 10.9 Å². The standard InChI is InChI=1S/C22H25ClN8O3S/c1-35(33,34)10-3-2-9-31-20(27-15-6-4-5-14(23)16(15)21(31)32)17(12-7-8-12)28-19-13(11-24)18(25)29-22(26)30-19/h4-6,12,17H,2-3,7-10H2,1H3,(H5,25,26,28,29,30). The topological polar surface area (TPSA) is 183 Å². The molecule has 4 rings (SSSR count). The molecule has 0 aliphatic heterocycles. The first kappa shape index (κ1) is 24.7. The number of aromatic nitrogens is 4. The van der Waals surface area contributed by atoms with Crippen LogP contribution in [0.4, 0.5) is 17.6 Å². The molecule has 0 bridgehead atoms. The van der Waals surface area contributed by atoms with Crippen molar-refractivity contribution in [3.8, 4) is 6.07 Å². The number of nitrogens with two attached hydrogens (primary N) is 2. The molecule has 1 aliphatic carbocycles. The van der Waals surface area contributed by atoms with E-state index in [1.54, 1.807) is 18.2 Å². The van der Waals surface area contributed by atoms with Crippen LogP contribution in [0.15, 0.2) is 23.0 Å². The Kier molecular flexibility index (Phi) is 6.82. The predicted molar refractivity (Wildman–Crippen MR) is 135 cm³/mol. The second-order valence-electron chi connectivity index (χ2n) is 8.66. The summed E-state index contributed by atoms with van der Waals surface area (Å²) in [5.74, 6) is 0.631. The van der Waals surface area contributed by atoms with E-state index in [1.165, 1.54) is 10.8 Å². The van der Waals surface area contributed by atoms with Gasteiger partial charge in [-0.2, -0.15) is 15.2 Å². The highest BCUT2D eigenvalue weighted by Crippen LogP contribution is 2.43. The Morgan fingerprint density at radius 2 is 2.00 bits per heavy atom. The van der Waals surface area contributed by atoms with Crippen molar-refractivity contribution in [2.75, 3.05) is 28.8 Å². The zero-order chi connectivity index (χ0) is 25.3. The minimum atomic E-state index is -3.12. The van der Waals surface area contributed by atoms with Gasteiger partial charge in [-0.3, -0.25) is 9.36 Å². The van der Waals surface area contributed by atoms with Crippen molar-refractivity contribution in [3.05, 3.63) is 45.0 Å². The summed E-state index contributed by atoms with van der Waals surface area (Å²) in [6, 6.07) is 6.58. The van der Waals surface area contributed by atoms with E-state index in [0.29, 0.717) is 29.6 Å². The van der Waals surface area contributed by atoms with E-state index in [2.05, 4.69) is 15.3 Å². The normalized spacial score (nSPS) is 14.5. The predicted octanol–water partition coefficient (Wildman–Crippen LogP) is 2.26. The highest BCUT2D eigenvalue weighted by molar-refractivity contribution is 7.90. The number of hydrogen-bond acceptors (Lipinski definition) is 10. The number of hydrogen-bond donors (Lipinski definition) is 3. The molecule has 11 nitrogen and oxygen atoms in total. The minimum Gasteiger partial charge on any atom is -0.382 e. The first-order chi connectivity index (χ1) is 16.6. The lowest BCUT2D eigenvalue weighted by molar-refractivity contribution is 0.522. The molecule has 1 fully saturated rings. The van der Waals surface area contributed by atoms with Crippen molar-refractivity contribution in [2.24, 2.45) is 5.92 Å². The van der Waals surface area contributed by atoms with Gasteiger partial charge < -0.3 is 16.8 Å². The number of nitrogens with one attached hydrogen (secondary N) is 1. The Balaban J connectivity index is 1.81. The first-order valence-corrected chi connectivity index (χ1v) is 13.5. The van der Waals surface area contributed by atoms with Gasteiger partial charge in [0.2, 0.25) is 5.95 Å². The summed E-state index contributed by atoms with van der Waals surface area (Å²) >= 11 is 6.34. The van der Waals surface area contributed by atoms with E-state index in [-0.39, 0.29) is 51.9 Å². The van der Waals surface area contributed by atoms with Crippen LogP contribution in [0, 0.1) is 17.2 Å². The molecule has 2 heterocycles. The minimum absolute atomic E-state index is 0.0220. The second-order valence-corrected chi connectivity index (χ2v) is 11.3. The Bertz CT molecular complexity index is 1500. The van der Waals surface area contributed by atoms with Crippen LogP contribution >= 0.6 is 11.6 Å². The number of unbranched alkanes of at least 4 members (excludes halogenated alkanes) is 1. The van der Waals surface area contributed by atoms with Gasteiger partial charge in [0.25, 0.3) is 5.56 Å². The molecule has 0 spiro atoms. The zero-order valence-corrected chi connectivity index (χ0v) is 20.6. The number of nitrogen functional groups attached to an aromatic ring is 2. The molecular weight excluding hydrogens is 492 g/mol. The van der Waals surface area contributed by atoms with Crippen LogP contribution < -0.4 is 22.3 Å². The Hall–Kier alpha value is -3.43. The van der Waals surface area contributed by atoms with Gasteiger partial charge in [0, 0.05) is 18.6 Å². The second kappa shape index (κ2) is 9.67. The van der Waals surface area contributed by atoms with E-state index < -0.39 is 15.9 Å². The van der Waals surface area contributed by atoms with Crippen LogP contribution in [0.2, 0.25) is 5.02 Å². The molecule has 3 aromatic rings. The van der Waals surface area contributed by atoms with Crippen molar-refractivity contribution in [1.82, 2.24) is 19.5 Å². The number of anilines is 3. The molecule has 0 amide bonds. The molecule has 35 heavy (non-hydrogen) atoms. The summed E-state index contributed by atoms with van der Waals surface area (Å²) in [5.41, 5.74) is 11.8. The quantitative estimate of drug-likeness (QED) is 0.356. The maximum absolute atomic E-state index is 13.6. The fourth-order valence-corrected chi connectivity index (χ4v) is 4.99. The van der Waals surface area contributed by atoms with Gasteiger partial charge in [-0.15, -0.1) is 0 Å². The Labute approximate surface area is 207 Å². The van der Waals surface area contributed by atoms with Gasteiger partial charge in [0.1, 0.15) is 33.1 Å². The summed E-state index contributed by atoms with van der Waals surface area (Å²) in [5, 5.41) is 13.4. The van der Waals surface area contributed by atoms with Crippen molar-refractivity contribution in [2.45, 2.75) is 38.3 Å². The molecule has 1 aliphatic rings. The van der Waals surface area contributed by atoms with E-state index in [1.807, 2.05) is 6.07 Å². The van der Waals surface area contributed by atoms with Crippen LogP contribution in [0.5, 0.6) is 0 Å². The Morgan fingerprint density at radius 1 is 1.26 bits per heavy atom. The average molecular weight is 517 g/mol. The van der Waals surface area contributed by atoms with Crippen molar-refractivity contribution in [3.63, 3.8) is 0 Å². The maximum atomic E-state index is 13.6. The number of sulfone groups is 1. The smallest absolute Gasteiger partial charge is 0.262 e. The monoisotopic (exact) mass is 516 g/mol. The number of nitriles is 1. The zero-order valence-electron chi connectivity index (χ0n) is 19.0. The molecule has 2 aromatic heterocycles. The molecular formula is C22H25ClN8O3S. The number of fused-ring (bicyclic) bond motifs is 1. The summed E-state index contributed by atoms with van der Waals surface area (Å²) in [7, 11) is -3.12. The van der Waals surface area contributed by atoms with Crippen molar-refractivity contribution in [1.29, 1.82) is 5.26 Å². The number of halogens is 1. The summed E-state index contributed by atoms with van der Waals surface area (Å²) in [4.78, 5) is 26.4. The molecule has 13 heteroatoms. The number of rotatable bonds is 9. The highest BCUT2D eigenvalue weighted by Gasteiger charge is 2.36. The fourth-order valence-electron chi connectivity index (χ4n) is 4.01. The molecule has 0 saturated heterocycles. The number of nitrogens with zero attached hydrogens (tertiary/aromatic N) is 5. The SMILES string of the molecule is CS(=O)(=O)CCCCn1c(C(Nc2nc(N)nc(N)c2C#N)C2CC2)nc2cccc(Cl)c2c1=O. The summed E-state index contributed by atoms with van der Waals surface area (Å²) < 4.78 is 24.6. The van der Waals surface area contributed by atoms with Gasteiger partial charge in [-0.05, 0) is 43.7 Å². The third-order valence-corrected chi connectivity index (χ3v) is 7.18. The van der Waals surface area contributed by atoms with Gasteiger partial charge in [0.15, 0.2) is 5.82 Å². The van der Waals surface area contributed by atoms with E-state index in [9.17, 15) is 18.5 Å². The molecule has 1 aromatic carbocycles. The lowest BCUT2D eigenvalue weighted by atomic mass is 10.1. The van der Waals surface area contributed by atoms with Crippen LogP contribution in [-0.2, 0) is 16.4 Å². The third kappa shape index (κ3) is 5.47. The van der Waals surface area contributed by atoms with Crippen molar-refractivity contribution < 1.29 is 8.42 Å².